The summed E-state index contributed by atoms with van der Waals surface area (Å²) in [5.74, 6) is 1.17. The molecule has 1 fully saturated rings. The summed E-state index contributed by atoms with van der Waals surface area (Å²) in [6.07, 6.45) is 0.381. The molecule has 0 unspecified atom stereocenters. The van der Waals surface area contributed by atoms with Gasteiger partial charge in [-0.25, -0.2) is 4.98 Å². The number of halogens is 3. The van der Waals surface area contributed by atoms with Crippen LogP contribution in [0.15, 0.2) is 30.6 Å². The van der Waals surface area contributed by atoms with Gasteiger partial charge in [-0.05, 0) is 18.1 Å². The summed E-state index contributed by atoms with van der Waals surface area (Å²) in [7, 11) is -0.865. The molecule has 12 heteroatoms. The first-order valence-electron chi connectivity index (χ1n) is 11.6. The van der Waals surface area contributed by atoms with Gasteiger partial charge in [-0.15, -0.1) is 0 Å². The number of hydrogen-bond acceptors (Lipinski definition) is 6. The van der Waals surface area contributed by atoms with Crippen molar-refractivity contribution in [3.05, 3.63) is 52.5 Å². The van der Waals surface area contributed by atoms with Gasteiger partial charge < -0.3 is 4.74 Å². The van der Waals surface area contributed by atoms with Crippen LogP contribution in [0.25, 0.3) is 5.65 Å². The summed E-state index contributed by atoms with van der Waals surface area (Å²) in [5, 5.41) is 0. The Morgan fingerprint density at radius 3 is 2.67 bits per heavy atom. The minimum absolute atomic E-state index is 0.0814. The van der Waals surface area contributed by atoms with Gasteiger partial charge >= 0.3 is 136 Å². The monoisotopic (exact) mass is 525 g/mol. The third kappa shape index (κ3) is 5.92. The first-order chi connectivity index (χ1) is 17.0. The van der Waals surface area contributed by atoms with Gasteiger partial charge in [0.15, 0.2) is 12.4 Å². The fourth-order valence-corrected chi connectivity index (χ4v) is 5.53. The molecular weight excluding hydrogens is 497 g/mol. The quantitative estimate of drug-likeness (QED) is 0.231. The zero-order chi connectivity index (χ0) is 26.1. The first kappa shape index (κ1) is 26.2. The molecule has 4 rings (SSSR count). The van der Waals surface area contributed by atoms with E-state index in [0.29, 0.717) is 53.4 Å². The van der Waals surface area contributed by atoms with Crippen LogP contribution < -0.4 is 9.47 Å². The molecule has 4 heterocycles. The number of aromatic nitrogens is 3. The van der Waals surface area contributed by atoms with Gasteiger partial charge in [0, 0.05) is 6.20 Å². The molecule has 0 radical (unpaired) electrons. The molecule has 8 nitrogen and oxygen atoms in total. The fraction of sp³-hybridized carbons (Fsp3) is 0.500. The van der Waals surface area contributed by atoms with Crippen molar-refractivity contribution < 1.29 is 31.4 Å². The summed E-state index contributed by atoms with van der Waals surface area (Å²) < 4.78 is 63.4. The van der Waals surface area contributed by atoms with Crippen molar-refractivity contribution in [1.29, 1.82) is 0 Å². The molecule has 0 aliphatic carbocycles. The second-order valence-corrected chi connectivity index (χ2v) is 10.8. The molecule has 0 N–H and O–H groups in total. The van der Waals surface area contributed by atoms with E-state index in [1.165, 1.54) is 12.3 Å². The van der Waals surface area contributed by atoms with Gasteiger partial charge in [-0.3, -0.25) is 0 Å². The van der Waals surface area contributed by atoms with Crippen molar-refractivity contribution in [2.75, 3.05) is 18.1 Å². The van der Waals surface area contributed by atoms with E-state index in [1.807, 2.05) is 20.8 Å². The van der Waals surface area contributed by atoms with E-state index in [-0.39, 0.29) is 18.2 Å². The van der Waals surface area contributed by atoms with Crippen LogP contribution in [0.3, 0.4) is 0 Å². The normalized spacial score (nSPS) is 16.2. The molecule has 1 aliphatic heterocycles. The summed E-state index contributed by atoms with van der Waals surface area (Å²) in [5.41, 5.74) is 2.07. The Kier molecular flexibility index (Phi) is 7.46. The van der Waals surface area contributed by atoms with E-state index in [2.05, 4.69) is 9.97 Å². The molecule has 1 saturated heterocycles. The van der Waals surface area contributed by atoms with Crippen LogP contribution in [-0.2, 0) is 27.7 Å². The Bertz CT molecular complexity index is 1350. The zero-order valence-electron chi connectivity index (χ0n) is 20.3. The molecule has 0 spiro atoms. The number of rotatable bonds is 8. The Morgan fingerprint density at radius 1 is 1.28 bits per heavy atom. The van der Waals surface area contributed by atoms with Crippen LogP contribution in [0, 0.1) is 11.8 Å². The number of pyridine rings is 2. The molecule has 0 amide bonds. The second-order valence-electron chi connectivity index (χ2n) is 9.12. The van der Waals surface area contributed by atoms with Gasteiger partial charge in [0.2, 0.25) is 0 Å². The molecule has 0 bridgehead atoms. The fourth-order valence-electron chi connectivity index (χ4n) is 3.99. The molecule has 1 aliphatic rings. The third-order valence-electron chi connectivity index (χ3n) is 6.45. The summed E-state index contributed by atoms with van der Waals surface area (Å²) in [6, 6.07) is 4.81. The van der Waals surface area contributed by atoms with Gasteiger partial charge in [0.25, 0.3) is 5.88 Å². The number of nitroso groups, excluding NO2 is 1. The SMILES string of the molecule is CCc1cnc(Oc2ccc3nc(C[N+](=O)C4(C)CC[S-](#[O+])CC4)c(C)n3c2)c(OCC(F)(F)F)c1. The van der Waals surface area contributed by atoms with Gasteiger partial charge in [0.05, 0.1) is 0 Å². The Hall–Kier alpha value is -2.86. The minimum atomic E-state index is -4.50. The van der Waals surface area contributed by atoms with E-state index in [9.17, 15) is 22.1 Å². The van der Waals surface area contributed by atoms with E-state index >= 15 is 0 Å². The molecule has 3 aromatic rings. The summed E-state index contributed by atoms with van der Waals surface area (Å²) in [4.78, 5) is 21.7. The molecular formula is C24H28F3N4O4S+. The zero-order valence-corrected chi connectivity index (χ0v) is 21.1. The van der Waals surface area contributed by atoms with Gasteiger partial charge in [0.1, 0.15) is 0 Å². The number of fused-ring (bicyclic) bond motifs is 1. The molecule has 0 atom stereocenters. The minimum Gasteiger partial charge on any atom is -0.478 e. The smallest absolute Gasteiger partial charge is 0.422 e. The van der Waals surface area contributed by atoms with E-state index < -0.39 is 29.0 Å². The Balaban J connectivity index is 1.56. The van der Waals surface area contributed by atoms with Gasteiger partial charge in [-0.1, -0.05) is 6.92 Å². The Labute approximate surface area is 208 Å². The second kappa shape index (κ2) is 10.3. The van der Waals surface area contributed by atoms with Crippen LogP contribution in [0.1, 0.15) is 43.6 Å². The number of hydrogen-bond donors (Lipinski definition) is 0. The Morgan fingerprint density at radius 2 is 2.00 bits per heavy atom. The van der Waals surface area contributed by atoms with E-state index in [1.54, 1.807) is 22.7 Å². The molecule has 3 aromatic heterocycles. The van der Waals surface area contributed by atoms with Crippen molar-refractivity contribution in [3.8, 4) is 17.4 Å². The van der Waals surface area contributed by atoms with E-state index in [4.69, 9.17) is 9.47 Å². The molecule has 36 heavy (non-hydrogen) atoms. The van der Waals surface area contributed by atoms with Crippen LogP contribution in [0.4, 0.5) is 13.2 Å². The summed E-state index contributed by atoms with van der Waals surface area (Å²) >= 11 is 0. The van der Waals surface area contributed by atoms with Crippen molar-refractivity contribution in [2.24, 2.45) is 0 Å². The van der Waals surface area contributed by atoms with Crippen LogP contribution in [-0.4, -0.2) is 49.0 Å². The molecule has 0 saturated carbocycles. The number of nitrogens with zero attached hydrogens (tertiary/aromatic N) is 4. The maximum absolute atomic E-state index is 13.0. The first-order valence-corrected chi connectivity index (χ1v) is 13.1. The summed E-state index contributed by atoms with van der Waals surface area (Å²) in [6.45, 7) is 4.21. The van der Waals surface area contributed by atoms with Crippen molar-refractivity contribution in [1.82, 2.24) is 14.4 Å². The molecule has 194 valence electrons. The average molecular weight is 526 g/mol. The van der Waals surface area contributed by atoms with Crippen molar-refractivity contribution in [2.45, 2.75) is 58.3 Å². The maximum atomic E-state index is 13.0. The van der Waals surface area contributed by atoms with Crippen LogP contribution >= 0.6 is 0 Å². The molecule has 0 aromatic carbocycles. The number of aryl methyl sites for hydroxylation is 2. The average Bonchev–Trinajstić information content (AvgIpc) is 3.14. The number of imidazole rings is 1. The van der Waals surface area contributed by atoms with Crippen LogP contribution in [0.5, 0.6) is 17.4 Å². The predicted molar refractivity (Wildman–Crippen MR) is 128 cm³/mol. The predicted octanol–water partition coefficient (Wildman–Crippen LogP) is 5.13. The van der Waals surface area contributed by atoms with Crippen molar-refractivity contribution >= 4 is 16.3 Å². The topological polar surface area (TPSA) is 88.6 Å². The number of ether oxygens (including phenoxy) is 2. The third-order valence-corrected chi connectivity index (χ3v) is 7.77. The van der Waals surface area contributed by atoms with E-state index in [0.717, 1.165) is 10.5 Å². The van der Waals surface area contributed by atoms with Gasteiger partial charge in [-0.2, -0.15) is 13.2 Å². The maximum Gasteiger partial charge on any atom is 0.422 e. The largest absolute Gasteiger partial charge is 0.478 e. The standard InChI is InChI=1S/C24H28F3N4O4S/c1-4-17-11-20(34-15-24(25,26)27)22(28-12-17)35-18-5-6-21-29-19(16(2)30(21)13-18)14-31(32)23(3)7-9-36(33)10-8-23/h5-6,11-13H,4,7-10,14-15H2,1-3H3/q+1. The number of alkyl halides is 3. The van der Waals surface area contributed by atoms with Crippen molar-refractivity contribution in [3.63, 3.8) is 0 Å². The van der Waals surface area contributed by atoms with Crippen LogP contribution in [0.2, 0.25) is 0 Å².